The van der Waals surface area contributed by atoms with E-state index >= 15 is 0 Å². The Kier molecular flexibility index (Phi) is 28.9. The second-order valence-electron chi connectivity index (χ2n) is 1.83. The summed E-state index contributed by atoms with van der Waals surface area (Å²) in [7, 11) is 0. The van der Waals surface area contributed by atoms with E-state index in [1.807, 2.05) is 0 Å². The van der Waals surface area contributed by atoms with E-state index in [0.717, 1.165) is 0 Å². The van der Waals surface area contributed by atoms with Gasteiger partial charge in [0.2, 0.25) is 0 Å². The average Bonchev–Trinajstić information content (AvgIpc) is 2.18. The summed E-state index contributed by atoms with van der Waals surface area (Å²) < 4.78 is 0. The zero-order chi connectivity index (χ0) is 15.5. The third-order valence-corrected chi connectivity index (χ3v) is 0.549. The topological polar surface area (TPSA) is 224 Å². The number of hydrogen-bond acceptors (Lipinski definition) is 6. The third kappa shape index (κ3) is 36.0. The molecule has 0 bridgehead atoms. The molecule has 0 atom stereocenters. The van der Waals surface area contributed by atoms with E-state index in [2.05, 4.69) is 0 Å². The maximum absolute atomic E-state index is 9.10. The van der Waals surface area contributed by atoms with Crippen LogP contribution in [0.15, 0.2) is 0 Å². The fraction of sp³-hybridized carbons (Fsp3) is 0. The van der Waals surface area contributed by atoms with Crippen LogP contribution >= 0.6 is 0 Å². The van der Waals surface area contributed by atoms with Gasteiger partial charge in [0.25, 0.3) is 0 Å². The van der Waals surface area contributed by atoms with Crippen LogP contribution in [0.5, 0.6) is 0 Å². The van der Waals surface area contributed by atoms with Crippen LogP contribution in [-0.2, 0) is 28.8 Å². The number of carboxylic acids is 6. The fourth-order valence-corrected chi connectivity index (χ4v) is 0. The van der Waals surface area contributed by atoms with E-state index in [-0.39, 0.29) is 73.7 Å². The second kappa shape index (κ2) is 18.3. The zero-order valence-electron chi connectivity index (χ0n) is 8.65. The Morgan fingerprint density at radius 1 is 0.350 bits per heavy atom. The van der Waals surface area contributed by atoms with Gasteiger partial charge in [-0.15, -0.1) is 0 Å². The molecule has 0 unspecified atom stereocenters. The molecule has 14 heteroatoms. The minimum atomic E-state index is -1.82. The quantitative estimate of drug-likeness (QED) is 0.154. The molecule has 0 rings (SSSR count). The van der Waals surface area contributed by atoms with Gasteiger partial charge in [0.05, 0.1) is 0 Å². The smallest absolute Gasteiger partial charge is 0.414 e. The molecule has 0 fully saturated rings. The van der Waals surface area contributed by atoms with Crippen LogP contribution in [0.1, 0.15) is 0 Å². The van der Waals surface area contributed by atoms with Gasteiger partial charge in [-0.3, -0.25) is 0 Å². The molecule has 0 amide bonds. The van der Waals surface area contributed by atoms with Crippen LogP contribution in [0.25, 0.3) is 0 Å². The Bertz CT molecular complexity index is 281. The molecule has 0 spiro atoms. The monoisotopic (exact) mass is 620 g/mol. The Morgan fingerprint density at radius 2 is 0.400 bits per heavy atom. The van der Waals surface area contributed by atoms with Crippen LogP contribution in [0.2, 0.25) is 0 Å². The van der Waals surface area contributed by atoms with Crippen molar-refractivity contribution in [2.24, 2.45) is 0 Å². The number of aliphatic carboxylic acids is 6. The molecule has 0 saturated carbocycles. The summed E-state index contributed by atoms with van der Waals surface area (Å²) in [5, 5.41) is 44.3. The second-order valence-corrected chi connectivity index (χ2v) is 1.83. The number of rotatable bonds is 0. The standard InChI is InChI=1S/3C2H2O4.2Lu/c3*3-1(4)2(5)6;;/h3*(H,3,4)(H,5,6);;. The summed E-state index contributed by atoms with van der Waals surface area (Å²) in [5.74, 6) is -10.9. The molecule has 2 radical (unpaired) electrons. The van der Waals surface area contributed by atoms with E-state index in [9.17, 15) is 0 Å². The first-order valence-corrected chi connectivity index (χ1v) is 3.32. The Balaban J connectivity index is -0.0000000536. The van der Waals surface area contributed by atoms with Gasteiger partial charge in [-0.25, -0.2) is 28.8 Å². The van der Waals surface area contributed by atoms with Crippen molar-refractivity contribution in [3.63, 3.8) is 0 Å². The maximum Gasteiger partial charge on any atom is 0.414 e. The van der Waals surface area contributed by atoms with E-state index in [1.54, 1.807) is 0 Å². The van der Waals surface area contributed by atoms with Crippen molar-refractivity contribution >= 4 is 35.8 Å². The van der Waals surface area contributed by atoms with Crippen molar-refractivity contribution in [2.45, 2.75) is 0 Å². The van der Waals surface area contributed by atoms with Crippen molar-refractivity contribution < 1.29 is 133 Å². The first-order valence-electron chi connectivity index (χ1n) is 3.32. The summed E-state index contributed by atoms with van der Waals surface area (Å²) >= 11 is 0. The first kappa shape index (κ1) is 31.6. The molecule has 0 heterocycles. The first-order chi connectivity index (χ1) is 7.93. The summed E-state index contributed by atoms with van der Waals surface area (Å²) in [6.07, 6.45) is 0. The SMILES string of the molecule is O=C(O)C(=O)O.O=C(O)C(=O)O.O=C(O)C(=O)O.[Lu].[Lu]. The molecule has 12 nitrogen and oxygen atoms in total. The molecule has 0 aromatic carbocycles. The number of carbonyl (C=O) groups is 6. The predicted molar refractivity (Wildman–Crippen MR) is 45.8 cm³/mol. The molecule has 0 aliphatic rings. The Morgan fingerprint density at radius 3 is 0.400 bits per heavy atom. The van der Waals surface area contributed by atoms with Crippen LogP contribution in [-0.4, -0.2) is 66.5 Å². The normalized spacial score (nSPS) is 6.60. The van der Waals surface area contributed by atoms with Gasteiger partial charge in [0.15, 0.2) is 0 Å². The van der Waals surface area contributed by atoms with Crippen molar-refractivity contribution in [2.75, 3.05) is 0 Å². The zero-order valence-corrected chi connectivity index (χ0v) is 12.0. The molecule has 0 aliphatic heterocycles. The van der Waals surface area contributed by atoms with E-state index in [0.29, 0.717) is 0 Å². The Labute approximate surface area is 167 Å². The summed E-state index contributed by atoms with van der Waals surface area (Å²) in [5.41, 5.74) is 0. The molecule has 132 valence electrons. The van der Waals surface area contributed by atoms with Gasteiger partial charge in [0.1, 0.15) is 0 Å². The summed E-state index contributed by atoms with van der Waals surface area (Å²) in [6.45, 7) is 0. The largest absolute Gasteiger partial charge is 0.473 e. The van der Waals surface area contributed by atoms with Crippen LogP contribution in [0.3, 0.4) is 0 Å². The minimum absolute atomic E-state index is 0. The molecule has 0 saturated heterocycles. The van der Waals surface area contributed by atoms with Crippen molar-refractivity contribution in [1.82, 2.24) is 0 Å². The van der Waals surface area contributed by atoms with Crippen LogP contribution < -0.4 is 0 Å². The van der Waals surface area contributed by atoms with Gasteiger partial charge in [-0.2, -0.15) is 0 Å². The Hall–Kier alpha value is -0.712. The predicted octanol–water partition coefficient (Wildman–Crippen LogP) is -2.53. The summed E-state index contributed by atoms with van der Waals surface area (Å²) in [4.78, 5) is 54.6. The van der Waals surface area contributed by atoms with E-state index < -0.39 is 35.8 Å². The maximum atomic E-state index is 9.10. The van der Waals surface area contributed by atoms with Gasteiger partial charge >= 0.3 is 35.8 Å². The van der Waals surface area contributed by atoms with Gasteiger partial charge in [-0.1, -0.05) is 0 Å². The molecule has 6 N–H and O–H groups in total. The molecular formula is C6H6Lu2O12. The number of carboxylic acid groups (broad SMARTS) is 6. The van der Waals surface area contributed by atoms with E-state index in [4.69, 9.17) is 59.4 Å². The fourth-order valence-electron chi connectivity index (χ4n) is 0. The van der Waals surface area contributed by atoms with Crippen LogP contribution in [0.4, 0.5) is 0 Å². The summed E-state index contributed by atoms with van der Waals surface area (Å²) in [6, 6.07) is 0. The molecule has 20 heavy (non-hydrogen) atoms. The molecule has 0 aliphatic carbocycles. The van der Waals surface area contributed by atoms with Gasteiger partial charge in [-0.05, 0) is 0 Å². The average molecular weight is 620 g/mol. The van der Waals surface area contributed by atoms with Crippen molar-refractivity contribution in [3.8, 4) is 0 Å². The minimum Gasteiger partial charge on any atom is -0.473 e. The molecular weight excluding hydrogens is 614 g/mol. The number of hydrogen-bond donors (Lipinski definition) is 6. The third-order valence-electron chi connectivity index (χ3n) is 0.549. The molecule has 0 aromatic rings. The molecule has 0 aromatic heterocycles. The van der Waals surface area contributed by atoms with Gasteiger partial charge in [0, 0.05) is 73.7 Å². The van der Waals surface area contributed by atoms with Gasteiger partial charge < -0.3 is 30.6 Å². The van der Waals surface area contributed by atoms with E-state index in [1.165, 1.54) is 0 Å². The van der Waals surface area contributed by atoms with Crippen LogP contribution in [0, 0.1) is 73.7 Å². The van der Waals surface area contributed by atoms with Crippen molar-refractivity contribution in [1.29, 1.82) is 0 Å². The van der Waals surface area contributed by atoms with Crippen molar-refractivity contribution in [3.05, 3.63) is 0 Å².